The van der Waals surface area contributed by atoms with E-state index in [1.807, 2.05) is 0 Å². The number of phenolic OH excluding ortho intramolecular Hbond substituents is 4. The Morgan fingerprint density at radius 2 is 1.45 bits per heavy atom. The summed E-state index contributed by atoms with van der Waals surface area (Å²) in [5, 5.41) is 39.0. The number of hydrogen-bond donors (Lipinski definition) is 4. The van der Waals surface area contributed by atoms with Crippen molar-refractivity contribution in [3.63, 3.8) is 0 Å². The number of aromatic hydroxyl groups is 4. The Morgan fingerprint density at radius 3 is 2.23 bits per heavy atom. The average Bonchev–Trinajstić information content (AvgIpc) is 2.80. The highest BCUT2D eigenvalue weighted by molar-refractivity contribution is 6.14. The molecule has 0 bridgehead atoms. The molecule has 0 aliphatic heterocycles. The predicted molar refractivity (Wildman–Crippen MR) is 76.4 cm³/mol. The summed E-state index contributed by atoms with van der Waals surface area (Å²) in [6.45, 7) is 0. The van der Waals surface area contributed by atoms with Gasteiger partial charge in [-0.05, 0) is 12.1 Å². The van der Waals surface area contributed by atoms with E-state index in [0.717, 1.165) is 6.07 Å². The highest BCUT2D eigenvalue weighted by atomic mass is 16.4. The van der Waals surface area contributed by atoms with Crippen LogP contribution in [0.25, 0.3) is 32.9 Å². The molecule has 0 radical (unpaired) electrons. The van der Waals surface area contributed by atoms with Crippen LogP contribution < -0.4 is 5.63 Å². The molecule has 0 saturated carbocycles. The molecule has 4 N–H and O–H groups in total. The second-order valence-corrected chi connectivity index (χ2v) is 4.87. The third kappa shape index (κ3) is 1.47. The van der Waals surface area contributed by atoms with Crippen molar-refractivity contribution in [3.8, 4) is 23.0 Å². The fourth-order valence-electron chi connectivity index (χ4n) is 2.53. The van der Waals surface area contributed by atoms with Gasteiger partial charge in [0.1, 0.15) is 16.7 Å². The first-order valence-electron chi connectivity index (χ1n) is 6.22. The van der Waals surface area contributed by atoms with Crippen LogP contribution in [-0.4, -0.2) is 20.4 Å². The van der Waals surface area contributed by atoms with Gasteiger partial charge in [-0.15, -0.1) is 0 Å². The van der Waals surface area contributed by atoms with E-state index in [4.69, 9.17) is 8.83 Å². The van der Waals surface area contributed by atoms with Gasteiger partial charge < -0.3 is 29.3 Å². The maximum atomic E-state index is 12.2. The lowest BCUT2D eigenvalue weighted by atomic mass is 10.1. The monoisotopic (exact) mass is 300 g/mol. The van der Waals surface area contributed by atoms with E-state index in [1.54, 1.807) is 0 Å². The topological polar surface area (TPSA) is 124 Å². The van der Waals surface area contributed by atoms with Gasteiger partial charge in [-0.2, -0.15) is 0 Å². The molecule has 2 aromatic heterocycles. The van der Waals surface area contributed by atoms with Gasteiger partial charge in [-0.3, -0.25) is 0 Å². The van der Waals surface area contributed by atoms with Crippen LogP contribution in [-0.2, 0) is 0 Å². The summed E-state index contributed by atoms with van der Waals surface area (Å²) in [6.07, 6.45) is 0. The van der Waals surface area contributed by atoms with Gasteiger partial charge in [0.25, 0.3) is 0 Å². The summed E-state index contributed by atoms with van der Waals surface area (Å²) in [5.74, 6) is -1.44. The van der Waals surface area contributed by atoms with Crippen molar-refractivity contribution in [1.82, 2.24) is 0 Å². The van der Waals surface area contributed by atoms with E-state index in [1.165, 1.54) is 18.2 Å². The van der Waals surface area contributed by atoms with Crippen molar-refractivity contribution in [2.45, 2.75) is 0 Å². The Hall–Kier alpha value is -3.35. The fourth-order valence-corrected chi connectivity index (χ4v) is 2.53. The SMILES string of the molecule is O=c1oc2c(O)cc(O)cc2c2oc3cc(O)c(O)cc3c12. The van der Waals surface area contributed by atoms with E-state index in [2.05, 4.69) is 0 Å². The third-order valence-corrected chi connectivity index (χ3v) is 3.48. The molecule has 2 aromatic carbocycles. The predicted octanol–water partition coefficient (Wildman–Crippen LogP) is 2.51. The highest BCUT2D eigenvalue weighted by Gasteiger charge is 2.20. The second kappa shape index (κ2) is 3.85. The summed E-state index contributed by atoms with van der Waals surface area (Å²) in [5.41, 5.74) is -0.652. The molecule has 4 rings (SSSR count). The van der Waals surface area contributed by atoms with Crippen molar-refractivity contribution < 1.29 is 29.3 Å². The number of rotatable bonds is 0. The van der Waals surface area contributed by atoms with Crippen LogP contribution in [0.2, 0.25) is 0 Å². The largest absolute Gasteiger partial charge is 0.508 e. The van der Waals surface area contributed by atoms with Crippen molar-refractivity contribution in [1.29, 1.82) is 0 Å². The lowest BCUT2D eigenvalue weighted by molar-refractivity contribution is 0.404. The molecule has 7 heteroatoms. The van der Waals surface area contributed by atoms with E-state index in [-0.39, 0.29) is 38.7 Å². The number of phenols is 4. The molecule has 22 heavy (non-hydrogen) atoms. The molecule has 0 aliphatic rings. The molecule has 110 valence electrons. The van der Waals surface area contributed by atoms with Crippen LogP contribution in [0.15, 0.2) is 37.9 Å². The maximum absolute atomic E-state index is 12.2. The minimum absolute atomic E-state index is 0.0443. The fraction of sp³-hybridized carbons (Fsp3) is 0. The van der Waals surface area contributed by atoms with Crippen LogP contribution in [0.3, 0.4) is 0 Å². The quantitative estimate of drug-likeness (QED) is 0.290. The average molecular weight is 300 g/mol. The van der Waals surface area contributed by atoms with Crippen LogP contribution in [0.5, 0.6) is 23.0 Å². The Bertz CT molecular complexity index is 1130. The van der Waals surface area contributed by atoms with Gasteiger partial charge >= 0.3 is 5.63 Å². The molecule has 0 atom stereocenters. The number of furan rings is 1. The van der Waals surface area contributed by atoms with E-state index < -0.39 is 22.9 Å². The third-order valence-electron chi connectivity index (χ3n) is 3.48. The zero-order chi connectivity index (χ0) is 15.6. The summed E-state index contributed by atoms with van der Waals surface area (Å²) in [7, 11) is 0. The Labute approximate surface area is 120 Å². The summed E-state index contributed by atoms with van der Waals surface area (Å²) in [4.78, 5) is 12.2. The molecule has 0 aliphatic carbocycles. The molecule has 7 nitrogen and oxygen atoms in total. The molecule has 0 unspecified atom stereocenters. The number of fused-ring (bicyclic) bond motifs is 5. The molecule has 2 heterocycles. The standard InChI is InChI=1S/C15H8O7/c16-5-1-7-13(10(19)2-5)22-15(20)12-6-3-8(17)9(18)4-11(6)21-14(7)12/h1-4,16-19H. The first-order valence-corrected chi connectivity index (χ1v) is 6.22. The molecule has 0 saturated heterocycles. The normalized spacial score (nSPS) is 11.6. The lowest BCUT2D eigenvalue weighted by Gasteiger charge is -2.01. The zero-order valence-corrected chi connectivity index (χ0v) is 10.8. The molecular formula is C15H8O7. The first kappa shape index (κ1) is 12.4. The molecule has 0 amide bonds. The molecule has 4 aromatic rings. The van der Waals surface area contributed by atoms with Crippen LogP contribution in [0.4, 0.5) is 0 Å². The minimum Gasteiger partial charge on any atom is -0.508 e. The van der Waals surface area contributed by atoms with Gasteiger partial charge in [0.2, 0.25) is 0 Å². The van der Waals surface area contributed by atoms with Crippen LogP contribution in [0, 0.1) is 0 Å². The molecule has 0 spiro atoms. The van der Waals surface area contributed by atoms with Gasteiger partial charge in [0.05, 0.1) is 5.39 Å². The molecular weight excluding hydrogens is 292 g/mol. The van der Waals surface area contributed by atoms with Gasteiger partial charge in [0.15, 0.2) is 28.4 Å². The second-order valence-electron chi connectivity index (χ2n) is 4.87. The van der Waals surface area contributed by atoms with Gasteiger partial charge in [-0.1, -0.05) is 0 Å². The van der Waals surface area contributed by atoms with Gasteiger partial charge in [0, 0.05) is 17.5 Å². The summed E-state index contributed by atoms with van der Waals surface area (Å²) in [6, 6.07) is 4.67. The van der Waals surface area contributed by atoms with Crippen LogP contribution in [0.1, 0.15) is 0 Å². The van der Waals surface area contributed by atoms with Crippen molar-refractivity contribution in [2.75, 3.05) is 0 Å². The summed E-state index contributed by atoms with van der Waals surface area (Å²) < 4.78 is 10.6. The summed E-state index contributed by atoms with van der Waals surface area (Å²) >= 11 is 0. The van der Waals surface area contributed by atoms with Gasteiger partial charge in [-0.25, -0.2) is 4.79 Å². The van der Waals surface area contributed by atoms with Crippen molar-refractivity contribution in [2.24, 2.45) is 0 Å². The first-order chi connectivity index (χ1) is 10.5. The maximum Gasteiger partial charge on any atom is 0.348 e. The Balaban J connectivity index is 2.34. The van der Waals surface area contributed by atoms with Crippen LogP contribution >= 0.6 is 0 Å². The minimum atomic E-state index is -0.771. The van der Waals surface area contributed by atoms with Crippen molar-refractivity contribution in [3.05, 3.63) is 34.7 Å². The molecule has 0 fully saturated rings. The van der Waals surface area contributed by atoms with Crippen molar-refractivity contribution >= 4 is 32.9 Å². The Kier molecular flexibility index (Phi) is 2.17. The zero-order valence-electron chi connectivity index (χ0n) is 10.8. The Morgan fingerprint density at radius 1 is 0.727 bits per heavy atom. The van der Waals surface area contributed by atoms with E-state index >= 15 is 0 Å². The van der Waals surface area contributed by atoms with E-state index in [0.29, 0.717) is 0 Å². The smallest absolute Gasteiger partial charge is 0.348 e. The number of hydrogen-bond acceptors (Lipinski definition) is 7. The number of benzene rings is 2. The highest BCUT2D eigenvalue weighted by Crippen LogP contribution is 2.39. The lowest BCUT2D eigenvalue weighted by Crippen LogP contribution is -1.98. The van der Waals surface area contributed by atoms with E-state index in [9.17, 15) is 25.2 Å².